The van der Waals surface area contributed by atoms with Crippen molar-refractivity contribution in [3.8, 4) is 0 Å². The maximum absolute atomic E-state index is 11.8. The van der Waals surface area contributed by atoms with E-state index in [1.54, 1.807) is 0 Å². The zero-order valence-electron chi connectivity index (χ0n) is 9.41. The van der Waals surface area contributed by atoms with Gasteiger partial charge in [0.15, 0.2) is 5.78 Å². The van der Waals surface area contributed by atoms with Crippen LogP contribution in [0.5, 0.6) is 0 Å². The minimum atomic E-state index is -0.246. The van der Waals surface area contributed by atoms with E-state index in [4.69, 9.17) is 0 Å². The van der Waals surface area contributed by atoms with Crippen LogP contribution in [-0.4, -0.2) is 17.7 Å². The van der Waals surface area contributed by atoms with Gasteiger partial charge in [0, 0.05) is 9.99 Å². The van der Waals surface area contributed by atoms with E-state index >= 15 is 0 Å². The highest BCUT2D eigenvalue weighted by atomic mass is 127. The molecular weight excluding hydrogens is 329 g/mol. The van der Waals surface area contributed by atoms with Crippen LogP contribution in [-0.2, 0) is 16.0 Å². The fraction of sp³-hybridized carbons (Fsp3) is 0.385. The zero-order chi connectivity index (χ0) is 12.3. The maximum atomic E-state index is 11.8. The molecule has 0 radical (unpaired) electrons. The second-order valence-corrected chi connectivity index (χ2v) is 5.41. The molecule has 0 heterocycles. The summed E-state index contributed by atoms with van der Waals surface area (Å²) in [5.74, 6) is 0.107. The Kier molecular flexibility index (Phi) is 4.15. The maximum Gasteiger partial charge on any atom is 0.225 e. The first-order chi connectivity index (χ1) is 8.16. The largest absolute Gasteiger partial charge is 0.346 e. The molecule has 3 nitrogen and oxygen atoms in total. The van der Waals surface area contributed by atoms with Gasteiger partial charge in [0.05, 0.1) is 12.5 Å². The third-order valence-corrected chi connectivity index (χ3v) is 4.00. The minimum Gasteiger partial charge on any atom is -0.346 e. The number of Topliss-reactive ketones (excluding diaryl/α,β-unsaturated/α-hetero) is 1. The lowest BCUT2D eigenvalue weighted by Gasteiger charge is -2.11. The molecule has 1 aromatic carbocycles. The summed E-state index contributed by atoms with van der Waals surface area (Å²) in [4.78, 5) is 23.2. The second-order valence-electron chi connectivity index (χ2n) is 4.25. The average Bonchev–Trinajstić information content (AvgIpc) is 2.68. The molecule has 1 atom stereocenters. The first-order valence-corrected chi connectivity index (χ1v) is 6.80. The Morgan fingerprint density at radius 3 is 2.82 bits per heavy atom. The summed E-state index contributed by atoms with van der Waals surface area (Å²) in [5.41, 5.74) is 1.01. The molecule has 1 amide bonds. The molecule has 90 valence electrons. The molecular formula is C13H14INO2. The number of carbonyl (C=O) groups excluding carboxylic acids is 2. The monoisotopic (exact) mass is 343 g/mol. The Morgan fingerprint density at radius 2 is 2.18 bits per heavy atom. The van der Waals surface area contributed by atoms with Gasteiger partial charge in [-0.05, 0) is 47.1 Å². The number of carbonyl (C=O) groups is 2. The SMILES string of the molecule is O=C(Cc1ccccc1I)N[C@@H]1CCCC1=O. The van der Waals surface area contributed by atoms with Crippen molar-refractivity contribution < 1.29 is 9.59 Å². The molecule has 1 N–H and O–H groups in total. The normalized spacial score (nSPS) is 19.4. The van der Waals surface area contributed by atoms with E-state index in [2.05, 4.69) is 27.9 Å². The number of benzene rings is 1. The van der Waals surface area contributed by atoms with Crippen LogP contribution in [0, 0.1) is 3.57 Å². The highest BCUT2D eigenvalue weighted by molar-refractivity contribution is 14.1. The molecule has 0 aliphatic heterocycles. The Bertz CT molecular complexity index is 445. The predicted octanol–water partition coefficient (Wildman–Crippen LogP) is 2.07. The number of halogens is 1. The Morgan fingerprint density at radius 1 is 1.41 bits per heavy atom. The van der Waals surface area contributed by atoms with E-state index in [0.29, 0.717) is 12.8 Å². The van der Waals surface area contributed by atoms with E-state index in [1.807, 2.05) is 24.3 Å². The van der Waals surface area contributed by atoms with Crippen LogP contribution in [0.2, 0.25) is 0 Å². The van der Waals surface area contributed by atoms with Crippen LogP contribution in [0.15, 0.2) is 24.3 Å². The highest BCUT2D eigenvalue weighted by Crippen LogP contribution is 2.15. The summed E-state index contributed by atoms with van der Waals surface area (Å²) in [7, 11) is 0. The molecule has 1 aromatic rings. The zero-order valence-corrected chi connectivity index (χ0v) is 11.6. The third kappa shape index (κ3) is 3.28. The fourth-order valence-electron chi connectivity index (χ4n) is 2.03. The molecule has 17 heavy (non-hydrogen) atoms. The number of ketones is 1. The lowest BCUT2D eigenvalue weighted by molar-refractivity contribution is -0.126. The summed E-state index contributed by atoms with van der Waals surface area (Å²) in [6, 6.07) is 7.54. The third-order valence-electron chi connectivity index (χ3n) is 2.95. The van der Waals surface area contributed by atoms with Crippen LogP contribution in [0.25, 0.3) is 0 Å². The van der Waals surface area contributed by atoms with Crippen molar-refractivity contribution >= 4 is 34.3 Å². The number of nitrogens with one attached hydrogen (secondary N) is 1. The number of hydrogen-bond acceptors (Lipinski definition) is 2. The molecule has 0 bridgehead atoms. The van der Waals surface area contributed by atoms with Gasteiger partial charge in [-0.2, -0.15) is 0 Å². The average molecular weight is 343 g/mol. The van der Waals surface area contributed by atoms with Gasteiger partial charge in [-0.15, -0.1) is 0 Å². The lowest BCUT2D eigenvalue weighted by atomic mass is 10.1. The Hall–Kier alpha value is -0.910. The van der Waals surface area contributed by atoms with E-state index in [1.165, 1.54) is 0 Å². The van der Waals surface area contributed by atoms with Gasteiger partial charge >= 0.3 is 0 Å². The van der Waals surface area contributed by atoms with Crippen molar-refractivity contribution in [2.24, 2.45) is 0 Å². The van der Waals surface area contributed by atoms with Crippen molar-refractivity contribution in [2.75, 3.05) is 0 Å². The number of rotatable bonds is 3. The Labute approximate surface area is 114 Å². The summed E-state index contributed by atoms with van der Waals surface area (Å²) >= 11 is 2.22. The van der Waals surface area contributed by atoms with Gasteiger partial charge in [0.25, 0.3) is 0 Å². The topological polar surface area (TPSA) is 46.2 Å². The minimum absolute atomic E-state index is 0.0608. The van der Waals surface area contributed by atoms with Gasteiger partial charge in [-0.3, -0.25) is 9.59 Å². The van der Waals surface area contributed by atoms with Gasteiger partial charge in [0.1, 0.15) is 0 Å². The molecule has 0 saturated heterocycles. The van der Waals surface area contributed by atoms with Crippen LogP contribution in [0.3, 0.4) is 0 Å². The van der Waals surface area contributed by atoms with Crippen LogP contribution in [0.1, 0.15) is 24.8 Å². The summed E-state index contributed by atoms with van der Waals surface area (Å²) in [6.45, 7) is 0. The molecule has 4 heteroatoms. The molecule has 1 fully saturated rings. The van der Waals surface area contributed by atoms with Gasteiger partial charge in [-0.1, -0.05) is 18.2 Å². The van der Waals surface area contributed by atoms with Crippen molar-refractivity contribution in [1.29, 1.82) is 0 Å². The van der Waals surface area contributed by atoms with E-state index in [0.717, 1.165) is 22.0 Å². The first kappa shape index (κ1) is 12.5. The van der Waals surface area contributed by atoms with Crippen molar-refractivity contribution in [3.63, 3.8) is 0 Å². The smallest absolute Gasteiger partial charge is 0.225 e. The molecule has 1 saturated carbocycles. The molecule has 1 aliphatic rings. The van der Waals surface area contributed by atoms with E-state index in [9.17, 15) is 9.59 Å². The lowest BCUT2D eigenvalue weighted by Crippen LogP contribution is -2.38. The quantitative estimate of drug-likeness (QED) is 0.855. The molecule has 1 aliphatic carbocycles. The van der Waals surface area contributed by atoms with Gasteiger partial charge in [-0.25, -0.2) is 0 Å². The van der Waals surface area contributed by atoms with Gasteiger partial charge < -0.3 is 5.32 Å². The number of amides is 1. The molecule has 0 unspecified atom stereocenters. The summed E-state index contributed by atoms with van der Waals surface area (Å²) < 4.78 is 1.08. The number of hydrogen-bond donors (Lipinski definition) is 1. The van der Waals surface area contributed by atoms with E-state index in [-0.39, 0.29) is 17.7 Å². The summed E-state index contributed by atoms with van der Waals surface area (Å²) in [6.07, 6.45) is 2.64. The standard InChI is InChI=1S/C13H14INO2/c14-10-5-2-1-4-9(10)8-13(17)15-11-6-3-7-12(11)16/h1-2,4-5,11H,3,6-8H2,(H,15,17)/t11-/m1/s1. The molecule has 0 spiro atoms. The first-order valence-electron chi connectivity index (χ1n) is 5.72. The molecule has 0 aromatic heterocycles. The van der Waals surface area contributed by atoms with Crippen molar-refractivity contribution in [1.82, 2.24) is 5.32 Å². The van der Waals surface area contributed by atoms with Crippen LogP contribution < -0.4 is 5.32 Å². The van der Waals surface area contributed by atoms with Gasteiger partial charge in [0.2, 0.25) is 5.91 Å². The molecule has 2 rings (SSSR count). The van der Waals surface area contributed by atoms with Crippen molar-refractivity contribution in [3.05, 3.63) is 33.4 Å². The van der Waals surface area contributed by atoms with Crippen LogP contribution in [0.4, 0.5) is 0 Å². The fourth-order valence-corrected chi connectivity index (χ4v) is 2.61. The van der Waals surface area contributed by atoms with E-state index < -0.39 is 0 Å². The predicted molar refractivity (Wildman–Crippen MR) is 73.7 cm³/mol. The Balaban J connectivity index is 1.93. The second kappa shape index (κ2) is 5.62. The highest BCUT2D eigenvalue weighted by Gasteiger charge is 2.25. The van der Waals surface area contributed by atoms with Crippen LogP contribution >= 0.6 is 22.6 Å². The summed E-state index contributed by atoms with van der Waals surface area (Å²) in [5, 5.41) is 2.81. The van der Waals surface area contributed by atoms with Crippen molar-refractivity contribution in [2.45, 2.75) is 31.7 Å².